The summed E-state index contributed by atoms with van der Waals surface area (Å²) in [6.45, 7) is 4.60. The molecule has 46 valence electrons. The molecule has 0 nitrogen and oxygen atoms in total. The van der Waals surface area contributed by atoms with Crippen LogP contribution >= 0.6 is 0 Å². The van der Waals surface area contributed by atoms with Crippen molar-refractivity contribution in [2.45, 2.75) is 41.5 Å². The predicted octanol–water partition coefficient (Wildman–Crippen LogP) is 3.08. The summed E-state index contributed by atoms with van der Waals surface area (Å²) in [4.78, 5) is 0. The van der Waals surface area contributed by atoms with Gasteiger partial charge in [0.2, 0.25) is 0 Å². The van der Waals surface area contributed by atoms with Crippen LogP contribution in [0.15, 0.2) is 0 Å². The normalized spacial score (nSPS) is 21.4. The van der Waals surface area contributed by atoms with E-state index in [1.54, 1.807) is 0 Å². The van der Waals surface area contributed by atoms with E-state index in [0.29, 0.717) is 0 Å². The van der Waals surface area contributed by atoms with Gasteiger partial charge >= 0.3 is 0 Å². The van der Waals surface area contributed by atoms with E-state index in [-0.39, 0.29) is 14.9 Å². The molecule has 0 amide bonds. The average molecular weight is 102 g/mol. The lowest BCUT2D eigenvalue weighted by molar-refractivity contribution is 0.653. The van der Waals surface area contributed by atoms with Crippen LogP contribution in [0.3, 0.4) is 0 Å². The number of hydrogen-bond acceptors (Lipinski definition) is 0. The Morgan fingerprint density at radius 2 is 1.14 bits per heavy atom. The van der Waals surface area contributed by atoms with Crippen molar-refractivity contribution in [1.29, 1.82) is 0 Å². The third-order valence-electron chi connectivity index (χ3n) is 1.25. The highest BCUT2D eigenvalue weighted by molar-refractivity contribution is 4.82. The van der Waals surface area contributed by atoms with Gasteiger partial charge in [0.1, 0.15) is 0 Å². The van der Waals surface area contributed by atoms with Crippen LogP contribution in [0.25, 0.3) is 0 Å². The molecular formula is C7H18. The van der Waals surface area contributed by atoms with Crippen molar-refractivity contribution >= 4 is 0 Å². The fourth-order valence-electron chi connectivity index (χ4n) is 0.250. The van der Waals surface area contributed by atoms with E-state index in [1.165, 1.54) is 12.8 Å². The Balaban J connectivity index is 0. The van der Waals surface area contributed by atoms with Gasteiger partial charge in [0.05, 0.1) is 0 Å². The SMILES string of the molecule is C.C.CC1(C)CC1. The second-order valence-corrected chi connectivity index (χ2v) is 2.66. The maximum atomic E-state index is 2.30. The molecule has 0 heterocycles. The lowest BCUT2D eigenvalue weighted by Gasteiger charge is -1.86. The lowest BCUT2D eigenvalue weighted by Crippen LogP contribution is -1.75. The first-order chi connectivity index (χ1) is 2.21. The zero-order chi connectivity index (χ0) is 3.91. The van der Waals surface area contributed by atoms with Crippen LogP contribution in [0.1, 0.15) is 41.5 Å². The molecule has 0 aromatic carbocycles. The van der Waals surface area contributed by atoms with Crippen LogP contribution in [-0.2, 0) is 0 Å². The third kappa shape index (κ3) is 3.84. The minimum Gasteiger partial charge on any atom is -0.0776 e. The molecule has 1 aliphatic rings. The molecule has 0 atom stereocenters. The van der Waals surface area contributed by atoms with E-state index in [2.05, 4.69) is 13.8 Å². The van der Waals surface area contributed by atoms with Gasteiger partial charge in [-0.1, -0.05) is 28.7 Å². The molecule has 0 heteroatoms. The smallest absolute Gasteiger partial charge is 0.0354 e. The summed E-state index contributed by atoms with van der Waals surface area (Å²) in [6, 6.07) is 0. The first-order valence-electron chi connectivity index (χ1n) is 2.21. The highest BCUT2D eigenvalue weighted by atomic mass is 14.4. The van der Waals surface area contributed by atoms with Crippen LogP contribution in [0.2, 0.25) is 0 Å². The number of hydrogen-bond donors (Lipinski definition) is 0. The van der Waals surface area contributed by atoms with E-state index in [1.807, 2.05) is 0 Å². The summed E-state index contributed by atoms with van der Waals surface area (Å²) in [5.74, 6) is 0. The largest absolute Gasteiger partial charge is 0.0776 e. The molecule has 1 saturated carbocycles. The van der Waals surface area contributed by atoms with E-state index in [9.17, 15) is 0 Å². The highest BCUT2D eigenvalue weighted by Gasteiger charge is 2.30. The average Bonchev–Trinajstić information content (AvgIpc) is 1.76. The van der Waals surface area contributed by atoms with Gasteiger partial charge in [-0.25, -0.2) is 0 Å². The molecule has 0 bridgehead atoms. The third-order valence-corrected chi connectivity index (χ3v) is 1.25. The second kappa shape index (κ2) is 2.34. The van der Waals surface area contributed by atoms with Crippen molar-refractivity contribution < 1.29 is 0 Å². The van der Waals surface area contributed by atoms with E-state index in [0.717, 1.165) is 5.41 Å². The molecule has 0 saturated heterocycles. The van der Waals surface area contributed by atoms with Crippen molar-refractivity contribution in [3.05, 3.63) is 0 Å². The first kappa shape index (κ1) is 10.1. The predicted molar refractivity (Wildman–Crippen MR) is 36.5 cm³/mol. The van der Waals surface area contributed by atoms with Crippen LogP contribution in [0.5, 0.6) is 0 Å². The van der Waals surface area contributed by atoms with Gasteiger partial charge in [0.15, 0.2) is 0 Å². The Hall–Kier alpha value is 0. The molecule has 1 aliphatic carbocycles. The molecule has 1 rings (SSSR count). The van der Waals surface area contributed by atoms with Gasteiger partial charge in [0, 0.05) is 0 Å². The molecule has 0 aromatic rings. The zero-order valence-corrected chi connectivity index (χ0v) is 3.91. The highest BCUT2D eigenvalue weighted by Crippen LogP contribution is 2.43. The topological polar surface area (TPSA) is 0 Å². The first-order valence-corrected chi connectivity index (χ1v) is 2.21. The van der Waals surface area contributed by atoms with Crippen molar-refractivity contribution in [2.24, 2.45) is 5.41 Å². The van der Waals surface area contributed by atoms with E-state index < -0.39 is 0 Å². The van der Waals surface area contributed by atoms with Crippen molar-refractivity contribution in [3.63, 3.8) is 0 Å². The van der Waals surface area contributed by atoms with Crippen LogP contribution in [0, 0.1) is 5.41 Å². The Morgan fingerprint density at radius 3 is 1.14 bits per heavy atom. The van der Waals surface area contributed by atoms with Crippen molar-refractivity contribution in [2.75, 3.05) is 0 Å². The molecular weight excluding hydrogens is 84.1 g/mol. The van der Waals surface area contributed by atoms with Crippen molar-refractivity contribution in [1.82, 2.24) is 0 Å². The molecule has 7 heavy (non-hydrogen) atoms. The van der Waals surface area contributed by atoms with Gasteiger partial charge in [-0.2, -0.15) is 0 Å². The molecule has 0 aliphatic heterocycles. The van der Waals surface area contributed by atoms with E-state index in [4.69, 9.17) is 0 Å². The molecule has 1 fully saturated rings. The summed E-state index contributed by atoms with van der Waals surface area (Å²) in [6.07, 6.45) is 2.90. The maximum Gasteiger partial charge on any atom is -0.0354 e. The Bertz CT molecular complexity index is 38.0. The summed E-state index contributed by atoms with van der Waals surface area (Å²) >= 11 is 0. The molecule has 0 unspecified atom stereocenters. The van der Waals surface area contributed by atoms with Gasteiger partial charge in [-0.05, 0) is 18.3 Å². The second-order valence-electron chi connectivity index (χ2n) is 2.66. The lowest BCUT2D eigenvalue weighted by atomic mass is 10.2. The Morgan fingerprint density at radius 1 is 1.00 bits per heavy atom. The zero-order valence-electron chi connectivity index (χ0n) is 3.91. The monoisotopic (exact) mass is 102 g/mol. The van der Waals surface area contributed by atoms with Gasteiger partial charge in [0.25, 0.3) is 0 Å². The molecule has 0 N–H and O–H groups in total. The fourth-order valence-corrected chi connectivity index (χ4v) is 0.250. The van der Waals surface area contributed by atoms with Gasteiger partial charge in [-0.3, -0.25) is 0 Å². The molecule has 0 radical (unpaired) electrons. The maximum absolute atomic E-state index is 2.30. The van der Waals surface area contributed by atoms with Crippen LogP contribution < -0.4 is 0 Å². The summed E-state index contributed by atoms with van der Waals surface area (Å²) < 4.78 is 0. The van der Waals surface area contributed by atoms with Gasteiger partial charge in [-0.15, -0.1) is 0 Å². The quantitative estimate of drug-likeness (QED) is 0.441. The van der Waals surface area contributed by atoms with Crippen LogP contribution in [-0.4, -0.2) is 0 Å². The fraction of sp³-hybridized carbons (Fsp3) is 1.00. The van der Waals surface area contributed by atoms with E-state index >= 15 is 0 Å². The summed E-state index contributed by atoms with van der Waals surface area (Å²) in [7, 11) is 0. The van der Waals surface area contributed by atoms with Gasteiger partial charge < -0.3 is 0 Å². The minimum absolute atomic E-state index is 0. The number of rotatable bonds is 0. The standard InChI is InChI=1S/C5H10.2CH4/c1-5(2)3-4-5;;/h3-4H2,1-2H3;2*1H4. The molecule has 0 spiro atoms. The van der Waals surface area contributed by atoms with Crippen molar-refractivity contribution in [3.8, 4) is 0 Å². The summed E-state index contributed by atoms with van der Waals surface area (Å²) in [5.41, 5.74) is 0.750. The molecule has 0 aromatic heterocycles. The summed E-state index contributed by atoms with van der Waals surface area (Å²) in [5, 5.41) is 0. The van der Waals surface area contributed by atoms with Crippen LogP contribution in [0.4, 0.5) is 0 Å². The minimum atomic E-state index is 0. The Kier molecular flexibility index (Phi) is 3.38. The Labute approximate surface area is 47.9 Å².